The normalized spacial score (nSPS) is 19.1. The van der Waals surface area contributed by atoms with Crippen LogP contribution in [-0.2, 0) is 4.79 Å². The Morgan fingerprint density at radius 2 is 2.28 bits per heavy atom. The molecule has 7 heteroatoms. The fourth-order valence-corrected chi connectivity index (χ4v) is 2.47. The van der Waals surface area contributed by atoms with Gasteiger partial charge in [0.2, 0.25) is 5.91 Å². The Balaban J connectivity index is 2.44. The number of carbonyl (C=O) groups is 1. The van der Waals surface area contributed by atoms with Crippen molar-refractivity contribution in [2.45, 2.75) is 11.2 Å². The highest BCUT2D eigenvalue weighted by Crippen LogP contribution is 2.35. The summed E-state index contributed by atoms with van der Waals surface area (Å²) in [4.78, 5) is 23.6. The first-order valence-electron chi connectivity index (χ1n) is 5.29. The van der Waals surface area contributed by atoms with Crippen LogP contribution in [0, 0.1) is 10.1 Å². The molecule has 18 heavy (non-hydrogen) atoms. The molecule has 1 saturated heterocycles. The fraction of sp³-hybridized carbons (Fsp3) is 0.364. The molecular formula is C11H11BrN2O4. The van der Waals surface area contributed by atoms with Gasteiger partial charge in [0, 0.05) is 29.9 Å². The Kier molecular flexibility index (Phi) is 3.51. The van der Waals surface area contributed by atoms with Crippen molar-refractivity contribution in [3.63, 3.8) is 0 Å². The van der Waals surface area contributed by atoms with E-state index in [0.29, 0.717) is 24.4 Å². The maximum Gasteiger partial charge on any atom is 0.271 e. The zero-order valence-electron chi connectivity index (χ0n) is 9.63. The first-order valence-corrected chi connectivity index (χ1v) is 6.21. The van der Waals surface area contributed by atoms with Crippen LogP contribution in [0.1, 0.15) is 6.42 Å². The number of alkyl halides is 1. The number of ether oxygens (including phenoxy) is 1. The molecule has 1 aliphatic heterocycles. The molecule has 0 saturated carbocycles. The molecule has 1 aromatic rings. The number of anilines is 1. The number of nitrogens with zero attached hydrogens (tertiary/aromatic N) is 2. The number of halogens is 1. The second-order valence-electron chi connectivity index (χ2n) is 3.92. The lowest BCUT2D eigenvalue weighted by atomic mass is 10.2. The Morgan fingerprint density at radius 1 is 1.56 bits per heavy atom. The largest absolute Gasteiger partial charge is 0.495 e. The van der Waals surface area contributed by atoms with Gasteiger partial charge in [-0.15, -0.1) is 0 Å². The molecular weight excluding hydrogens is 304 g/mol. The average molecular weight is 315 g/mol. The van der Waals surface area contributed by atoms with Crippen molar-refractivity contribution in [3.8, 4) is 5.75 Å². The van der Waals surface area contributed by atoms with Crippen LogP contribution in [0.25, 0.3) is 0 Å². The van der Waals surface area contributed by atoms with Crippen molar-refractivity contribution < 1.29 is 14.5 Å². The number of methoxy groups -OCH3 is 1. The molecule has 1 aromatic carbocycles. The van der Waals surface area contributed by atoms with Crippen molar-refractivity contribution in [2.75, 3.05) is 18.6 Å². The third-order valence-corrected chi connectivity index (χ3v) is 3.36. The molecule has 6 nitrogen and oxygen atoms in total. The first kappa shape index (κ1) is 12.8. The molecule has 96 valence electrons. The van der Waals surface area contributed by atoms with Crippen LogP contribution in [0.3, 0.4) is 0 Å². The van der Waals surface area contributed by atoms with Gasteiger partial charge in [-0.25, -0.2) is 0 Å². The second kappa shape index (κ2) is 4.93. The lowest BCUT2D eigenvalue weighted by Crippen LogP contribution is -2.25. The third kappa shape index (κ3) is 2.31. The summed E-state index contributed by atoms with van der Waals surface area (Å²) in [6, 6.07) is 4.22. The van der Waals surface area contributed by atoms with Crippen LogP contribution in [0.4, 0.5) is 11.4 Å². The van der Waals surface area contributed by atoms with E-state index in [0.717, 1.165) is 0 Å². The van der Waals surface area contributed by atoms with Crippen LogP contribution in [0.2, 0.25) is 0 Å². The van der Waals surface area contributed by atoms with E-state index in [1.54, 1.807) is 0 Å². The first-order chi connectivity index (χ1) is 8.52. The standard InChI is InChI=1S/C11H11BrN2O4/c1-18-10-3-2-8(14(16)17)5-9(10)13-6-7(12)4-11(13)15/h2-3,5,7H,4,6H2,1H3. The van der Waals surface area contributed by atoms with Gasteiger partial charge in [-0.2, -0.15) is 0 Å². The minimum atomic E-state index is -0.491. The summed E-state index contributed by atoms with van der Waals surface area (Å²) >= 11 is 3.37. The number of rotatable bonds is 3. The maximum absolute atomic E-state index is 11.8. The third-order valence-electron chi connectivity index (χ3n) is 2.74. The number of hydrogen-bond donors (Lipinski definition) is 0. The van der Waals surface area contributed by atoms with Gasteiger partial charge in [-0.3, -0.25) is 14.9 Å². The highest BCUT2D eigenvalue weighted by molar-refractivity contribution is 9.09. The molecule has 2 rings (SSSR count). The minimum absolute atomic E-state index is 0.0587. The predicted octanol–water partition coefficient (Wildman–Crippen LogP) is 2.10. The Morgan fingerprint density at radius 3 is 2.78 bits per heavy atom. The monoisotopic (exact) mass is 314 g/mol. The van der Waals surface area contributed by atoms with Gasteiger partial charge < -0.3 is 9.64 Å². The SMILES string of the molecule is COc1ccc([N+](=O)[O-])cc1N1CC(Br)CC1=O. The maximum atomic E-state index is 11.8. The molecule has 1 fully saturated rings. The van der Waals surface area contributed by atoms with Gasteiger partial charge in [0.05, 0.1) is 17.7 Å². The summed E-state index contributed by atoms with van der Waals surface area (Å²) in [5.41, 5.74) is 0.385. The molecule has 1 unspecified atom stereocenters. The molecule has 0 spiro atoms. The van der Waals surface area contributed by atoms with Crippen molar-refractivity contribution in [2.24, 2.45) is 0 Å². The molecule has 1 amide bonds. The lowest BCUT2D eigenvalue weighted by Gasteiger charge is -2.18. The van der Waals surface area contributed by atoms with E-state index in [9.17, 15) is 14.9 Å². The van der Waals surface area contributed by atoms with E-state index < -0.39 is 4.92 Å². The summed E-state index contributed by atoms with van der Waals surface area (Å²) < 4.78 is 5.14. The summed E-state index contributed by atoms with van der Waals surface area (Å²) in [7, 11) is 1.47. The van der Waals surface area contributed by atoms with E-state index in [-0.39, 0.29) is 16.4 Å². The van der Waals surface area contributed by atoms with Crippen LogP contribution in [-0.4, -0.2) is 29.3 Å². The van der Waals surface area contributed by atoms with Crippen LogP contribution >= 0.6 is 15.9 Å². The predicted molar refractivity (Wildman–Crippen MR) is 69.3 cm³/mol. The number of non-ortho nitro benzene ring substituents is 1. The Bertz CT molecular complexity index is 506. The molecule has 1 atom stereocenters. The Hall–Kier alpha value is -1.63. The van der Waals surface area contributed by atoms with Crippen LogP contribution in [0.15, 0.2) is 18.2 Å². The topological polar surface area (TPSA) is 72.7 Å². The number of benzene rings is 1. The van der Waals surface area contributed by atoms with E-state index in [2.05, 4.69) is 15.9 Å². The lowest BCUT2D eigenvalue weighted by molar-refractivity contribution is -0.384. The minimum Gasteiger partial charge on any atom is -0.495 e. The van der Waals surface area contributed by atoms with Gasteiger partial charge in [0.25, 0.3) is 5.69 Å². The number of hydrogen-bond acceptors (Lipinski definition) is 4. The zero-order valence-corrected chi connectivity index (χ0v) is 11.2. The fourth-order valence-electron chi connectivity index (χ4n) is 1.90. The van der Waals surface area contributed by atoms with Crippen LogP contribution in [0.5, 0.6) is 5.75 Å². The molecule has 0 aliphatic carbocycles. The van der Waals surface area contributed by atoms with Crippen molar-refractivity contribution in [1.82, 2.24) is 0 Å². The molecule has 0 N–H and O–H groups in total. The van der Waals surface area contributed by atoms with E-state index in [1.807, 2.05) is 0 Å². The highest BCUT2D eigenvalue weighted by atomic mass is 79.9. The number of nitro benzene ring substituents is 1. The summed E-state index contributed by atoms with van der Waals surface area (Å²) in [5, 5.41) is 10.8. The van der Waals surface area contributed by atoms with Crippen molar-refractivity contribution in [3.05, 3.63) is 28.3 Å². The number of amides is 1. The summed E-state index contributed by atoms with van der Waals surface area (Å²) in [6.45, 7) is 0.483. The highest BCUT2D eigenvalue weighted by Gasteiger charge is 2.31. The number of carbonyl (C=O) groups excluding carboxylic acids is 1. The van der Waals surface area contributed by atoms with Crippen LogP contribution < -0.4 is 9.64 Å². The van der Waals surface area contributed by atoms with Gasteiger partial charge in [0.15, 0.2) is 0 Å². The molecule has 1 heterocycles. The van der Waals surface area contributed by atoms with Gasteiger partial charge in [-0.05, 0) is 6.07 Å². The van der Waals surface area contributed by atoms with Gasteiger partial charge in [-0.1, -0.05) is 15.9 Å². The van der Waals surface area contributed by atoms with Gasteiger partial charge in [0.1, 0.15) is 5.75 Å². The molecule has 1 aliphatic rings. The smallest absolute Gasteiger partial charge is 0.271 e. The van der Waals surface area contributed by atoms with Crippen molar-refractivity contribution in [1.29, 1.82) is 0 Å². The zero-order chi connectivity index (χ0) is 13.3. The van der Waals surface area contributed by atoms with Gasteiger partial charge >= 0.3 is 0 Å². The van der Waals surface area contributed by atoms with E-state index in [4.69, 9.17) is 4.74 Å². The van der Waals surface area contributed by atoms with E-state index in [1.165, 1.54) is 30.2 Å². The summed E-state index contributed by atoms with van der Waals surface area (Å²) in [5.74, 6) is 0.381. The summed E-state index contributed by atoms with van der Waals surface area (Å²) in [6.07, 6.45) is 0.381. The van der Waals surface area contributed by atoms with Crippen molar-refractivity contribution >= 4 is 33.2 Å². The molecule has 0 aromatic heterocycles. The quantitative estimate of drug-likeness (QED) is 0.486. The Labute approximate surface area is 112 Å². The molecule has 0 radical (unpaired) electrons. The number of nitro groups is 1. The molecule has 0 bridgehead atoms. The van der Waals surface area contributed by atoms with E-state index >= 15 is 0 Å². The average Bonchev–Trinajstić information content (AvgIpc) is 2.67. The second-order valence-corrected chi connectivity index (χ2v) is 5.21.